The minimum absolute atomic E-state index is 0.156. The molecule has 0 aliphatic heterocycles. The highest BCUT2D eigenvalue weighted by Crippen LogP contribution is 2.33. The van der Waals surface area contributed by atoms with Gasteiger partial charge in [-0.3, -0.25) is 14.3 Å². The molecular weight excluding hydrogens is 396 g/mol. The Hall–Kier alpha value is -3.45. The normalized spacial score (nSPS) is 10.9. The van der Waals surface area contributed by atoms with Gasteiger partial charge in [0.25, 0.3) is 5.91 Å². The molecule has 0 saturated carbocycles. The molecule has 0 bridgehead atoms. The summed E-state index contributed by atoms with van der Waals surface area (Å²) in [5, 5.41) is 5.75. The summed E-state index contributed by atoms with van der Waals surface area (Å²) in [6, 6.07) is 9.58. The number of aryl methyl sites for hydroxylation is 1. The van der Waals surface area contributed by atoms with Crippen LogP contribution in [0, 0.1) is 6.92 Å². The van der Waals surface area contributed by atoms with E-state index in [0.29, 0.717) is 18.0 Å². The lowest BCUT2D eigenvalue weighted by Crippen LogP contribution is -2.23. The number of furan rings is 1. The number of nitrogens with one attached hydrogen (secondary N) is 1. The Morgan fingerprint density at radius 3 is 2.97 bits per heavy atom. The van der Waals surface area contributed by atoms with Crippen molar-refractivity contribution in [2.45, 2.75) is 20.3 Å². The molecule has 0 atom stereocenters. The Morgan fingerprint density at radius 2 is 2.23 bits per heavy atom. The molecule has 4 heterocycles. The van der Waals surface area contributed by atoms with Crippen molar-refractivity contribution < 1.29 is 9.21 Å². The van der Waals surface area contributed by atoms with Crippen LogP contribution in [0.5, 0.6) is 0 Å². The fourth-order valence-electron chi connectivity index (χ4n) is 3.29. The SMILES string of the molecule is C=CCNC(=O)c1cc(-c2csc(-c3ccnc(CC)c3)n2)n(-c2ccco2)c1C. The van der Waals surface area contributed by atoms with Gasteiger partial charge in [0.1, 0.15) is 5.01 Å². The highest BCUT2D eigenvalue weighted by Gasteiger charge is 2.22. The third-order valence-corrected chi connectivity index (χ3v) is 5.71. The summed E-state index contributed by atoms with van der Waals surface area (Å²) in [4.78, 5) is 21.9. The number of pyridine rings is 1. The zero-order valence-corrected chi connectivity index (χ0v) is 17.7. The maximum atomic E-state index is 12.7. The van der Waals surface area contributed by atoms with E-state index in [1.807, 2.05) is 47.3 Å². The van der Waals surface area contributed by atoms with Crippen LogP contribution in [-0.4, -0.2) is 27.0 Å². The summed E-state index contributed by atoms with van der Waals surface area (Å²) in [5.41, 5.74) is 5.02. The van der Waals surface area contributed by atoms with Crippen LogP contribution in [0.2, 0.25) is 0 Å². The van der Waals surface area contributed by atoms with Gasteiger partial charge in [-0.15, -0.1) is 17.9 Å². The quantitative estimate of drug-likeness (QED) is 0.427. The summed E-state index contributed by atoms with van der Waals surface area (Å²) in [5.74, 6) is 0.480. The van der Waals surface area contributed by atoms with Crippen molar-refractivity contribution in [3.63, 3.8) is 0 Å². The van der Waals surface area contributed by atoms with Crippen LogP contribution in [0.1, 0.15) is 28.7 Å². The van der Waals surface area contributed by atoms with Gasteiger partial charge >= 0.3 is 0 Å². The van der Waals surface area contributed by atoms with Gasteiger partial charge in [-0.1, -0.05) is 13.0 Å². The van der Waals surface area contributed by atoms with Crippen molar-refractivity contribution in [1.29, 1.82) is 0 Å². The highest BCUT2D eigenvalue weighted by atomic mass is 32.1. The topological polar surface area (TPSA) is 73.0 Å². The van der Waals surface area contributed by atoms with Crippen molar-refractivity contribution in [2.24, 2.45) is 0 Å². The second kappa shape index (κ2) is 8.51. The average Bonchev–Trinajstić information content (AvgIpc) is 3.51. The van der Waals surface area contributed by atoms with Crippen LogP contribution in [0.3, 0.4) is 0 Å². The van der Waals surface area contributed by atoms with E-state index in [1.165, 1.54) is 0 Å². The summed E-state index contributed by atoms with van der Waals surface area (Å²) >= 11 is 1.56. The van der Waals surface area contributed by atoms with Crippen LogP contribution >= 0.6 is 11.3 Å². The molecule has 0 aliphatic rings. The molecule has 4 rings (SSSR count). The number of thiazole rings is 1. The number of aromatic nitrogens is 3. The summed E-state index contributed by atoms with van der Waals surface area (Å²) in [6.07, 6.45) is 5.96. The molecule has 0 fully saturated rings. The number of carbonyl (C=O) groups is 1. The third kappa shape index (κ3) is 3.71. The highest BCUT2D eigenvalue weighted by molar-refractivity contribution is 7.13. The van der Waals surface area contributed by atoms with E-state index < -0.39 is 0 Å². The van der Waals surface area contributed by atoms with Crippen molar-refractivity contribution in [1.82, 2.24) is 19.9 Å². The lowest BCUT2D eigenvalue weighted by atomic mass is 10.2. The number of carbonyl (C=O) groups excluding carboxylic acids is 1. The molecule has 0 radical (unpaired) electrons. The molecule has 0 aliphatic carbocycles. The number of hydrogen-bond donors (Lipinski definition) is 1. The molecule has 0 spiro atoms. The van der Waals surface area contributed by atoms with Gasteiger partial charge in [0.2, 0.25) is 5.88 Å². The van der Waals surface area contributed by atoms with E-state index in [9.17, 15) is 4.79 Å². The Labute approximate surface area is 178 Å². The van der Waals surface area contributed by atoms with Gasteiger partial charge in [0, 0.05) is 41.1 Å². The third-order valence-electron chi connectivity index (χ3n) is 4.82. The number of rotatable bonds is 7. The molecule has 4 aromatic rings. The van der Waals surface area contributed by atoms with Crippen LogP contribution in [-0.2, 0) is 6.42 Å². The van der Waals surface area contributed by atoms with E-state index >= 15 is 0 Å². The van der Waals surface area contributed by atoms with Gasteiger partial charge in [-0.05, 0) is 37.6 Å². The summed E-state index contributed by atoms with van der Waals surface area (Å²) in [6.45, 7) is 8.04. The molecular formula is C23H22N4O2S. The second-order valence-corrected chi connectivity index (χ2v) is 7.60. The van der Waals surface area contributed by atoms with Crippen LogP contribution < -0.4 is 5.32 Å². The van der Waals surface area contributed by atoms with Crippen molar-refractivity contribution >= 4 is 17.2 Å². The standard InChI is InChI=1S/C23H22N4O2S/c1-4-9-25-22(28)18-13-20(27(15(18)3)21-7-6-11-29-21)19-14-30-23(26-19)16-8-10-24-17(5-2)12-16/h4,6-8,10-14H,1,5,9H2,2-3H3,(H,25,28). The minimum atomic E-state index is -0.156. The first kappa shape index (κ1) is 19.8. The molecule has 152 valence electrons. The number of amides is 1. The molecule has 6 nitrogen and oxygen atoms in total. The van der Waals surface area contributed by atoms with Crippen molar-refractivity contribution in [3.05, 3.63) is 77.8 Å². The lowest BCUT2D eigenvalue weighted by molar-refractivity contribution is 0.0957. The van der Waals surface area contributed by atoms with Crippen LogP contribution in [0.15, 0.2) is 65.2 Å². The first-order valence-corrected chi connectivity index (χ1v) is 10.6. The molecule has 7 heteroatoms. The van der Waals surface area contributed by atoms with Crippen molar-refractivity contribution in [3.8, 4) is 27.8 Å². The maximum Gasteiger partial charge on any atom is 0.253 e. The Bertz CT molecular complexity index is 1190. The van der Waals surface area contributed by atoms with Gasteiger partial charge in [0.05, 0.1) is 23.2 Å². The Balaban J connectivity index is 1.79. The largest absolute Gasteiger partial charge is 0.448 e. The van der Waals surface area contributed by atoms with Crippen molar-refractivity contribution in [2.75, 3.05) is 6.54 Å². The lowest BCUT2D eigenvalue weighted by Gasteiger charge is -2.07. The van der Waals surface area contributed by atoms with Gasteiger partial charge in [0.15, 0.2) is 0 Å². The fourth-order valence-corrected chi connectivity index (χ4v) is 4.11. The maximum absolute atomic E-state index is 12.7. The Morgan fingerprint density at radius 1 is 1.37 bits per heavy atom. The van der Waals surface area contributed by atoms with E-state index in [4.69, 9.17) is 9.40 Å². The predicted molar refractivity (Wildman–Crippen MR) is 119 cm³/mol. The Kier molecular flexibility index (Phi) is 5.63. The zero-order chi connectivity index (χ0) is 21.1. The fraction of sp³-hybridized carbons (Fsp3) is 0.174. The molecule has 0 aromatic carbocycles. The molecule has 1 amide bonds. The predicted octanol–water partition coefficient (Wildman–Crippen LogP) is 5.04. The first-order valence-electron chi connectivity index (χ1n) is 9.69. The summed E-state index contributed by atoms with van der Waals surface area (Å²) in [7, 11) is 0. The molecule has 30 heavy (non-hydrogen) atoms. The van der Waals surface area contributed by atoms with Gasteiger partial charge < -0.3 is 9.73 Å². The first-order chi connectivity index (χ1) is 14.6. The van der Waals surface area contributed by atoms with E-state index in [2.05, 4.69) is 29.9 Å². The zero-order valence-electron chi connectivity index (χ0n) is 16.9. The molecule has 4 aromatic heterocycles. The second-order valence-electron chi connectivity index (χ2n) is 6.74. The molecule has 0 saturated heterocycles. The van der Waals surface area contributed by atoms with Gasteiger partial charge in [-0.2, -0.15) is 0 Å². The smallest absolute Gasteiger partial charge is 0.253 e. The molecule has 1 N–H and O–H groups in total. The number of hydrogen-bond acceptors (Lipinski definition) is 5. The minimum Gasteiger partial charge on any atom is -0.448 e. The van der Waals surface area contributed by atoms with E-state index in [0.717, 1.165) is 39.8 Å². The van der Waals surface area contributed by atoms with Crippen LogP contribution in [0.4, 0.5) is 0 Å². The van der Waals surface area contributed by atoms with Gasteiger partial charge in [-0.25, -0.2) is 4.98 Å². The van der Waals surface area contributed by atoms with E-state index in [1.54, 1.807) is 23.7 Å². The van der Waals surface area contributed by atoms with E-state index in [-0.39, 0.29) is 5.91 Å². The molecule has 0 unspecified atom stereocenters. The van der Waals surface area contributed by atoms with Crippen LogP contribution in [0.25, 0.3) is 27.8 Å². The average molecular weight is 419 g/mol. The number of nitrogens with zero attached hydrogens (tertiary/aromatic N) is 3. The monoisotopic (exact) mass is 418 g/mol. The summed E-state index contributed by atoms with van der Waals surface area (Å²) < 4.78 is 7.56.